The summed E-state index contributed by atoms with van der Waals surface area (Å²) in [6.07, 6.45) is 0. The molecule has 0 aliphatic rings. The van der Waals surface area contributed by atoms with Crippen molar-refractivity contribution in [1.82, 2.24) is 0 Å². The monoisotopic (exact) mass is 750 g/mol. The molecule has 0 saturated heterocycles. The largest absolute Gasteiger partial charge is 0.457 e. The summed E-state index contributed by atoms with van der Waals surface area (Å²) in [5.41, 5.74) is 0. The molecule has 0 fully saturated rings. The van der Waals surface area contributed by atoms with Gasteiger partial charge in [0.1, 0.15) is 46.0 Å². The van der Waals surface area contributed by atoms with Crippen molar-refractivity contribution in [2.45, 2.75) is 0 Å². The van der Waals surface area contributed by atoms with E-state index in [0.29, 0.717) is 0 Å². The molecule has 8 aromatic carbocycles. The van der Waals surface area contributed by atoms with Gasteiger partial charge in [-0.05, 0) is 118 Å². The second-order valence-electron chi connectivity index (χ2n) is 12.8. The van der Waals surface area contributed by atoms with E-state index in [4.69, 9.17) is 23.1 Å². The first-order valence-electron chi connectivity index (χ1n) is 18.2. The second kappa shape index (κ2) is 17.5. The number of rotatable bonds is 14. The fraction of sp³-hybridized carbons (Fsp3) is 0. The Morgan fingerprint density at radius 3 is 0.582 bits per heavy atom. The van der Waals surface area contributed by atoms with E-state index in [1.165, 1.54) is 0 Å². The zero-order valence-electron chi connectivity index (χ0n) is 30.0. The Morgan fingerprint density at radius 1 is 0.200 bits per heavy atom. The maximum atomic E-state index is 7.54. The van der Waals surface area contributed by atoms with Gasteiger partial charge in [0.25, 0.3) is 0 Å². The van der Waals surface area contributed by atoms with Gasteiger partial charge >= 0.3 is 0 Å². The number of ether oxygens (including phenoxy) is 4. The minimum Gasteiger partial charge on any atom is -0.457 e. The molecule has 8 rings (SSSR count). The highest BCUT2D eigenvalue weighted by Gasteiger charge is 2.27. The number of benzene rings is 8. The van der Waals surface area contributed by atoms with Crippen molar-refractivity contribution in [2.75, 3.05) is 0 Å². The van der Waals surface area contributed by atoms with Crippen LogP contribution in [-0.4, -0.2) is 18.1 Å². The van der Waals surface area contributed by atoms with Gasteiger partial charge in [-0.1, -0.05) is 121 Å². The van der Waals surface area contributed by atoms with Crippen molar-refractivity contribution in [3.05, 3.63) is 218 Å². The van der Waals surface area contributed by atoms with Crippen LogP contribution >= 0.6 is 0 Å². The van der Waals surface area contributed by atoms with Crippen molar-refractivity contribution in [2.24, 2.45) is 0 Å². The third kappa shape index (κ3) is 9.48. The normalized spacial score (nSPS) is 10.9. The molecule has 55 heavy (non-hydrogen) atoms. The topological polar surface area (TPSA) is 46.2 Å². The minimum absolute atomic E-state index is 0.770. The lowest BCUT2D eigenvalue weighted by atomic mass is 10.3. The van der Waals surface area contributed by atoms with Gasteiger partial charge in [-0.3, -0.25) is 0 Å². The third-order valence-corrected chi connectivity index (χ3v) is 15.1. The Labute approximate surface area is 325 Å². The van der Waals surface area contributed by atoms with E-state index >= 15 is 0 Å². The fourth-order valence-corrected chi connectivity index (χ4v) is 12.7. The lowest BCUT2D eigenvalue weighted by Gasteiger charge is -2.26. The molecular formula is C48H38O5Si2. The van der Waals surface area contributed by atoms with E-state index in [1.54, 1.807) is 0 Å². The quantitative estimate of drug-likeness (QED) is 0.104. The number of para-hydroxylation sites is 4. The predicted molar refractivity (Wildman–Crippen MR) is 226 cm³/mol. The molecule has 5 nitrogen and oxygen atoms in total. The van der Waals surface area contributed by atoms with Gasteiger partial charge in [-0.25, -0.2) is 0 Å². The van der Waals surface area contributed by atoms with Gasteiger partial charge in [-0.15, -0.1) is 0 Å². The Hall–Kier alpha value is -6.65. The summed E-state index contributed by atoms with van der Waals surface area (Å²) in [6, 6.07) is 72.7. The summed E-state index contributed by atoms with van der Waals surface area (Å²) in [6.45, 7) is 0. The summed E-state index contributed by atoms with van der Waals surface area (Å²) >= 11 is 0. The highest BCUT2D eigenvalue weighted by atomic mass is 28.4. The molecule has 0 bridgehead atoms. The van der Waals surface area contributed by atoms with Gasteiger partial charge in [0, 0.05) is 0 Å². The standard InChI is InChI=1S/C48H38O5Si2/c1-5-13-37(14-6-1)49-41-21-29-45(30-22-41)54(46-31-23-42(24-32-46)50-38-15-7-2-8-16-38)53-55(47-33-25-43(26-34-47)51-39-17-9-3-10-18-39)48-35-27-44(28-36-48)52-40-19-11-4-12-20-40/h1-36,54-55H. The first kappa shape index (κ1) is 35.4. The molecule has 0 aliphatic carbocycles. The third-order valence-electron chi connectivity index (χ3n) is 8.92. The molecule has 8 aromatic rings. The summed E-state index contributed by atoms with van der Waals surface area (Å²) in [7, 11) is -4.62. The molecule has 0 aromatic heterocycles. The molecular weight excluding hydrogens is 713 g/mol. The van der Waals surface area contributed by atoms with Crippen LogP contribution in [-0.2, 0) is 4.12 Å². The second-order valence-corrected chi connectivity index (χ2v) is 18.1. The average molecular weight is 751 g/mol. The fourth-order valence-electron chi connectivity index (χ4n) is 6.18. The Bertz CT molecular complexity index is 2020. The first-order valence-corrected chi connectivity index (χ1v) is 21.4. The molecule has 0 atom stereocenters. The SMILES string of the molecule is c1ccc(Oc2ccc([SiH](O[SiH](c3ccc(Oc4ccccc4)cc3)c3ccc(Oc4ccccc4)cc3)c3ccc(Oc4ccccc4)cc3)cc2)cc1. The van der Waals surface area contributed by atoms with E-state index in [-0.39, 0.29) is 0 Å². The van der Waals surface area contributed by atoms with Gasteiger partial charge < -0.3 is 23.1 Å². The molecule has 0 unspecified atom stereocenters. The van der Waals surface area contributed by atoms with Gasteiger partial charge in [0.15, 0.2) is 0 Å². The molecule has 268 valence electrons. The lowest BCUT2D eigenvalue weighted by molar-refractivity contribution is 0.482. The lowest BCUT2D eigenvalue weighted by Crippen LogP contribution is -2.55. The van der Waals surface area contributed by atoms with Crippen LogP contribution in [0.1, 0.15) is 0 Å². The molecule has 0 spiro atoms. The zero-order chi connectivity index (χ0) is 37.1. The molecule has 0 amide bonds. The molecule has 0 saturated carbocycles. The van der Waals surface area contributed by atoms with Crippen LogP contribution in [0, 0.1) is 0 Å². The molecule has 7 heteroatoms. The summed E-state index contributed by atoms with van der Waals surface area (Å²) in [4.78, 5) is 0. The van der Waals surface area contributed by atoms with Crippen LogP contribution < -0.4 is 39.7 Å². The van der Waals surface area contributed by atoms with E-state index in [9.17, 15) is 0 Å². The highest BCUT2D eigenvalue weighted by Crippen LogP contribution is 2.24. The predicted octanol–water partition coefficient (Wildman–Crippen LogP) is 9.25. The number of hydrogen-bond donors (Lipinski definition) is 0. The van der Waals surface area contributed by atoms with Gasteiger partial charge in [0.05, 0.1) is 0 Å². The van der Waals surface area contributed by atoms with Crippen LogP contribution in [0.15, 0.2) is 218 Å². The van der Waals surface area contributed by atoms with Crippen molar-refractivity contribution in [1.29, 1.82) is 0 Å². The summed E-state index contributed by atoms with van der Waals surface area (Å²) in [5.74, 6) is 6.25. The van der Waals surface area contributed by atoms with E-state index < -0.39 is 18.1 Å². The molecule has 0 N–H and O–H groups in total. The van der Waals surface area contributed by atoms with Crippen molar-refractivity contribution in [3.8, 4) is 46.0 Å². The highest BCUT2D eigenvalue weighted by molar-refractivity contribution is 6.91. The van der Waals surface area contributed by atoms with Crippen molar-refractivity contribution < 1.29 is 23.1 Å². The van der Waals surface area contributed by atoms with E-state index in [1.807, 2.05) is 170 Å². The van der Waals surface area contributed by atoms with Crippen LogP contribution in [0.25, 0.3) is 0 Å². The Kier molecular flexibility index (Phi) is 11.2. The Balaban J connectivity index is 1.13. The minimum atomic E-state index is -2.31. The van der Waals surface area contributed by atoms with E-state index in [2.05, 4.69) is 48.5 Å². The summed E-state index contributed by atoms with van der Waals surface area (Å²) in [5, 5.41) is 4.57. The Morgan fingerprint density at radius 2 is 0.382 bits per heavy atom. The van der Waals surface area contributed by atoms with Gasteiger partial charge in [0.2, 0.25) is 18.1 Å². The van der Waals surface area contributed by atoms with Crippen LogP contribution in [0.5, 0.6) is 46.0 Å². The zero-order valence-corrected chi connectivity index (χ0v) is 32.3. The molecule has 0 heterocycles. The van der Waals surface area contributed by atoms with E-state index in [0.717, 1.165) is 66.7 Å². The molecule has 0 radical (unpaired) electrons. The van der Waals surface area contributed by atoms with Crippen LogP contribution in [0.3, 0.4) is 0 Å². The average Bonchev–Trinajstić information content (AvgIpc) is 3.24. The maximum Gasteiger partial charge on any atom is 0.228 e. The van der Waals surface area contributed by atoms with Crippen LogP contribution in [0.2, 0.25) is 0 Å². The van der Waals surface area contributed by atoms with Gasteiger partial charge in [-0.2, -0.15) is 0 Å². The first-order chi connectivity index (χ1) is 27.2. The van der Waals surface area contributed by atoms with Crippen molar-refractivity contribution in [3.63, 3.8) is 0 Å². The number of hydrogen-bond acceptors (Lipinski definition) is 5. The van der Waals surface area contributed by atoms with Crippen molar-refractivity contribution >= 4 is 38.8 Å². The summed E-state index contributed by atoms with van der Waals surface area (Å²) < 4.78 is 32.2. The van der Waals surface area contributed by atoms with Crippen LogP contribution in [0.4, 0.5) is 0 Å². The molecule has 0 aliphatic heterocycles. The smallest absolute Gasteiger partial charge is 0.228 e. The maximum absolute atomic E-state index is 7.54.